The highest BCUT2D eigenvalue weighted by Gasteiger charge is 2.21. The first-order chi connectivity index (χ1) is 9.60. The standard InChI is InChI=1S/C16H26N2O2/c1-12-8-13-9-15(19-4)14(10-16(13)20-12)11-17-6-5-7-18(2)3/h9-10,12,17H,5-8,11H2,1-4H3. The Hall–Kier alpha value is -1.26. The third kappa shape index (κ3) is 3.87. The van der Waals surface area contributed by atoms with Gasteiger partial charge in [-0.25, -0.2) is 0 Å². The van der Waals surface area contributed by atoms with E-state index in [4.69, 9.17) is 9.47 Å². The lowest BCUT2D eigenvalue weighted by atomic mass is 10.1. The lowest BCUT2D eigenvalue weighted by Crippen LogP contribution is -2.21. The number of hydrogen-bond donors (Lipinski definition) is 1. The van der Waals surface area contributed by atoms with Gasteiger partial charge in [0.2, 0.25) is 0 Å². The van der Waals surface area contributed by atoms with Crippen LogP contribution in [0.5, 0.6) is 11.5 Å². The number of benzene rings is 1. The topological polar surface area (TPSA) is 33.7 Å². The Balaban J connectivity index is 1.92. The van der Waals surface area contributed by atoms with Crippen LogP contribution in [0.1, 0.15) is 24.5 Å². The third-order valence-electron chi connectivity index (χ3n) is 3.57. The van der Waals surface area contributed by atoms with Crippen molar-refractivity contribution in [2.24, 2.45) is 0 Å². The summed E-state index contributed by atoms with van der Waals surface area (Å²) in [5, 5.41) is 3.47. The van der Waals surface area contributed by atoms with Crippen molar-refractivity contribution in [3.05, 3.63) is 23.3 Å². The van der Waals surface area contributed by atoms with E-state index in [2.05, 4.69) is 43.4 Å². The molecule has 0 spiro atoms. The highest BCUT2D eigenvalue weighted by molar-refractivity contribution is 5.48. The molecule has 20 heavy (non-hydrogen) atoms. The zero-order valence-electron chi connectivity index (χ0n) is 13.0. The van der Waals surface area contributed by atoms with E-state index in [-0.39, 0.29) is 6.10 Å². The molecule has 1 aromatic rings. The average molecular weight is 278 g/mol. The number of rotatable bonds is 7. The maximum absolute atomic E-state index is 5.82. The lowest BCUT2D eigenvalue weighted by molar-refractivity contribution is 0.254. The van der Waals surface area contributed by atoms with Crippen LogP contribution in [0, 0.1) is 0 Å². The zero-order chi connectivity index (χ0) is 14.5. The molecule has 0 amide bonds. The molecule has 2 rings (SSSR count). The molecule has 4 heteroatoms. The van der Waals surface area contributed by atoms with Gasteiger partial charge in [-0.1, -0.05) is 0 Å². The minimum absolute atomic E-state index is 0.276. The number of ether oxygens (including phenoxy) is 2. The Morgan fingerprint density at radius 1 is 1.40 bits per heavy atom. The van der Waals surface area contributed by atoms with E-state index in [0.29, 0.717) is 0 Å². The van der Waals surface area contributed by atoms with Gasteiger partial charge in [0.1, 0.15) is 17.6 Å². The van der Waals surface area contributed by atoms with Crippen molar-refractivity contribution in [1.82, 2.24) is 10.2 Å². The Kier molecular flexibility index (Phi) is 5.26. The first kappa shape index (κ1) is 15.1. The summed E-state index contributed by atoms with van der Waals surface area (Å²) in [7, 11) is 5.93. The van der Waals surface area contributed by atoms with Gasteiger partial charge in [-0.3, -0.25) is 0 Å². The molecule has 1 aliphatic rings. The Morgan fingerprint density at radius 3 is 2.90 bits per heavy atom. The second-order valence-electron chi connectivity index (χ2n) is 5.74. The monoisotopic (exact) mass is 278 g/mol. The van der Waals surface area contributed by atoms with Crippen molar-refractivity contribution in [2.75, 3.05) is 34.3 Å². The fourth-order valence-electron chi connectivity index (χ4n) is 2.55. The molecule has 4 nitrogen and oxygen atoms in total. The first-order valence-corrected chi connectivity index (χ1v) is 7.32. The van der Waals surface area contributed by atoms with Crippen LogP contribution >= 0.6 is 0 Å². The largest absolute Gasteiger partial charge is 0.496 e. The van der Waals surface area contributed by atoms with Crippen molar-refractivity contribution in [3.8, 4) is 11.5 Å². The SMILES string of the molecule is COc1cc2c(cc1CNCCCN(C)C)OC(C)C2. The number of nitrogens with zero attached hydrogens (tertiary/aromatic N) is 1. The fraction of sp³-hybridized carbons (Fsp3) is 0.625. The quantitative estimate of drug-likeness (QED) is 0.774. The van der Waals surface area contributed by atoms with Gasteiger partial charge in [0.25, 0.3) is 0 Å². The summed E-state index contributed by atoms with van der Waals surface area (Å²) in [6, 6.07) is 4.24. The van der Waals surface area contributed by atoms with Gasteiger partial charge in [-0.05, 0) is 52.7 Å². The summed E-state index contributed by atoms with van der Waals surface area (Å²) in [5.41, 5.74) is 2.43. The molecule has 1 atom stereocenters. The number of nitrogens with one attached hydrogen (secondary N) is 1. The number of fused-ring (bicyclic) bond motifs is 1. The molecular formula is C16H26N2O2. The Labute approximate surface area is 122 Å². The molecule has 0 radical (unpaired) electrons. The molecule has 1 heterocycles. The third-order valence-corrected chi connectivity index (χ3v) is 3.57. The van der Waals surface area contributed by atoms with Crippen LogP contribution in [-0.4, -0.2) is 45.3 Å². The van der Waals surface area contributed by atoms with Crippen LogP contribution in [0.4, 0.5) is 0 Å². The molecule has 0 fully saturated rings. The van der Waals surface area contributed by atoms with Gasteiger partial charge in [0.05, 0.1) is 7.11 Å². The lowest BCUT2D eigenvalue weighted by Gasteiger charge is -2.13. The van der Waals surface area contributed by atoms with Gasteiger partial charge in [-0.2, -0.15) is 0 Å². The predicted octanol–water partition coefficient (Wildman–Crippen LogP) is 2.06. The zero-order valence-corrected chi connectivity index (χ0v) is 13.0. The summed E-state index contributed by atoms with van der Waals surface area (Å²) in [5.74, 6) is 1.98. The molecular weight excluding hydrogens is 252 g/mol. The predicted molar refractivity (Wildman–Crippen MR) is 81.7 cm³/mol. The molecule has 0 saturated carbocycles. The van der Waals surface area contributed by atoms with E-state index in [9.17, 15) is 0 Å². The molecule has 1 aromatic carbocycles. The fourth-order valence-corrected chi connectivity index (χ4v) is 2.55. The van der Waals surface area contributed by atoms with E-state index in [1.165, 1.54) is 11.1 Å². The average Bonchev–Trinajstić information content (AvgIpc) is 2.76. The highest BCUT2D eigenvalue weighted by atomic mass is 16.5. The summed E-state index contributed by atoms with van der Waals surface area (Å²) >= 11 is 0. The maximum atomic E-state index is 5.82. The second-order valence-corrected chi connectivity index (χ2v) is 5.74. The van der Waals surface area contributed by atoms with E-state index in [1.807, 2.05) is 0 Å². The van der Waals surface area contributed by atoms with Crippen molar-refractivity contribution >= 4 is 0 Å². The molecule has 0 aromatic heterocycles. The van der Waals surface area contributed by atoms with Crippen molar-refractivity contribution in [3.63, 3.8) is 0 Å². The van der Waals surface area contributed by atoms with Crippen LogP contribution in [0.15, 0.2) is 12.1 Å². The van der Waals surface area contributed by atoms with E-state index < -0.39 is 0 Å². The Morgan fingerprint density at radius 2 is 2.20 bits per heavy atom. The molecule has 1 aliphatic heterocycles. The van der Waals surface area contributed by atoms with Crippen molar-refractivity contribution < 1.29 is 9.47 Å². The summed E-state index contributed by atoms with van der Waals surface area (Å²) in [4.78, 5) is 2.20. The summed E-state index contributed by atoms with van der Waals surface area (Å²) in [6.45, 7) is 5.04. The van der Waals surface area contributed by atoms with Crippen molar-refractivity contribution in [1.29, 1.82) is 0 Å². The van der Waals surface area contributed by atoms with Crippen LogP contribution < -0.4 is 14.8 Å². The van der Waals surface area contributed by atoms with Crippen LogP contribution in [-0.2, 0) is 13.0 Å². The van der Waals surface area contributed by atoms with E-state index in [0.717, 1.165) is 44.0 Å². The van der Waals surface area contributed by atoms with E-state index in [1.54, 1.807) is 7.11 Å². The van der Waals surface area contributed by atoms with Gasteiger partial charge in [0.15, 0.2) is 0 Å². The highest BCUT2D eigenvalue weighted by Crippen LogP contribution is 2.34. The Bertz CT molecular complexity index is 446. The summed E-state index contributed by atoms with van der Waals surface area (Å²) < 4.78 is 11.3. The van der Waals surface area contributed by atoms with E-state index >= 15 is 0 Å². The molecule has 1 unspecified atom stereocenters. The molecule has 0 aliphatic carbocycles. The molecule has 0 saturated heterocycles. The van der Waals surface area contributed by atoms with Gasteiger partial charge < -0.3 is 19.7 Å². The van der Waals surface area contributed by atoms with Gasteiger partial charge in [-0.15, -0.1) is 0 Å². The minimum Gasteiger partial charge on any atom is -0.496 e. The van der Waals surface area contributed by atoms with Crippen LogP contribution in [0.25, 0.3) is 0 Å². The van der Waals surface area contributed by atoms with Gasteiger partial charge >= 0.3 is 0 Å². The molecule has 0 bridgehead atoms. The van der Waals surface area contributed by atoms with Crippen molar-refractivity contribution in [2.45, 2.75) is 32.4 Å². The molecule has 1 N–H and O–H groups in total. The summed E-state index contributed by atoms with van der Waals surface area (Å²) in [6.07, 6.45) is 2.40. The van der Waals surface area contributed by atoms with Crippen LogP contribution in [0.3, 0.4) is 0 Å². The number of methoxy groups -OCH3 is 1. The minimum atomic E-state index is 0.276. The second kappa shape index (κ2) is 6.95. The normalized spacial score (nSPS) is 17.1. The van der Waals surface area contributed by atoms with Gasteiger partial charge in [0, 0.05) is 24.1 Å². The smallest absolute Gasteiger partial charge is 0.123 e. The molecule has 112 valence electrons. The number of hydrogen-bond acceptors (Lipinski definition) is 4. The maximum Gasteiger partial charge on any atom is 0.123 e. The first-order valence-electron chi connectivity index (χ1n) is 7.32. The van der Waals surface area contributed by atoms with Crippen LogP contribution in [0.2, 0.25) is 0 Å².